The monoisotopic (exact) mass is 421 g/mol. The Labute approximate surface area is 181 Å². The highest BCUT2D eigenvalue weighted by molar-refractivity contribution is 6.34. The molecule has 5 nitrogen and oxygen atoms in total. The van der Waals surface area contributed by atoms with Crippen LogP contribution in [0.4, 0.5) is 5.69 Å². The standard InChI is InChI=1S/C24H24ClN3O2/c1-16-5-6-17(2)28(16)20-11-12-22(25)21(15-20)23(29)26-19-9-7-18(8-10-19)24(30)27-13-3-4-14-27/h5-12,15H,3-4,13-14H2,1-2H3,(H,26,29). The third-order valence-corrected chi connectivity index (χ3v) is 5.84. The molecule has 0 saturated carbocycles. The van der Waals surface area contributed by atoms with Crippen molar-refractivity contribution in [1.29, 1.82) is 0 Å². The minimum Gasteiger partial charge on any atom is -0.339 e. The lowest BCUT2D eigenvalue weighted by molar-refractivity contribution is 0.0792. The molecule has 0 bridgehead atoms. The fraction of sp³-hybridized carbons (Fsp3) is 0.250. The maximum atomic E-state index is 12.9. The summed E-state index contributed by atoms with van der Waals surface area (Å²) in [5.41, 5.74) is 4.70. The van der Waals surface area contributed by atoms with Gasteiger partial charge in [-0.2, -0.15) is 0 Å². The van der Waals surface area contributed by atoms with E-state index < -0.39 is 0 Å². The van der Waals surface area contributed by atoms with E-state index in [-0.39, 0.29) is 11.8 Å². The molecule has 1 fully saturated rings. The molecule has 0 radical (unpaired) electrons. The van der Waals surface area contributed by atoms with E-state index in [1.807, 2.05) is 36.9 Å². The van der Waals surface area contributed by atoms with Crippen LogP contribution >= 0.6 is 11.6 Å². The first-order valence-electron chi connectivity index (χ1n) is 10.1. The number of hydrogen-bond donors (Lipinski definition) is 1. The summed E-state index contributed by atoms with van der Waals surface area (Å²) >= 11 is 6.32. The zero-order valence-corrected chi connectivity index (χ0v) is 17.9. The Hall–Kier alpha value is -3.05. The van der Waals surface area contributed by atoms with Gasteiger partial charge in [0, 0.05) is 41.4 Å². The molecular weight excluding hydrogens is 398 g/mol. The number of rotatable bonds is 4. The molecule has 3 aromatic rings. The Balaban J connectivity index is 1.52. The highest BCUT2D eigenvalue weighted by Gasteiger charge is 2.19. The average molecular weight is 422 g/mol. The molecule has 30 heavy (non-hydrogen) atoms. The molecule has 2 heterocycles. The van der Waals surface area contributed by atoms with Crippen LogP contribution in [-0.4, -0.2) is 34.4 Å². The summed E-state index contributed by atoms with van der Waals surface area (Å²) in [6, 6.07) is 16.5. The van der Waals surface area contributed by atoms with Crippen molar-refractivity contribution < 1.29 is 9.59 Å². The Kier molecular flexibility index (Phi) is 5.64. The molecule has 1 N–H and O–H groups in total. The number of amides is 2. The van der Waals surface area contributed by atoms with Gasteiger partial charge in [0.05, 0.1) is 10.6 Å². The van der Waals surface area contributed by atoms with Gasteiger partial charge in [0.2, 0.25) is 0 Å². The average Bonchev–Trinajstić information content (AvgIpc) is 3.39. The van der Waals surface area contributed by atoms with Gasteiger partial charge in [0.25, 0.3) is 11.8 Å². The second-order valence-corrected chi connectivity index (χ2v) is 8.05. The maximum absolute atomic E-state index is 12.9. The lowest BCUT2D eigenvalue weighted by atomic mass is 10.1. The van der Waals surface area contributed by atoms with Crippen molar-refractivity contribution in [2.24, 2.45) is 0 Å². The summed E-state index contributed by atoms with van der Waals surface area (Å²) in [5, 5.41) is 3.27. The topological polar surface area (TPSA) is 54.3 Å². The molecule has 1 aliphatic heterocycles. The van der Waals surface area contributed by atoms with Gasteiger partial charge in [-0.25, -0.2) is 0 Å². The zero-order chi connectivity index (χ0) is 21.3. The second kappa shape index (κ2) is 8.36. The van der Waals surface area contributed by atoms with Gasteiger partial charge in [-0.15, -0.1) is 0 Å². The van der Waals surface area contributed by atoms with Crippen molar-refractivity contribution in [2.45, 2.75) is 26.7 Å². The minimum absolute atomic E-state index is 0.0404. The number of carbonyl (C=O) groups is 2. The Bertz CT molecular complexity index is 1080. The lowest BCUT2D eigenvalue weighted by Gasteiger charge is -2.15. The number of halogens is 1. The normalized spacial score (nSPS) is 13.5. The van der Waals surface area contributed by atoms with Crippen LogP contribution in [0.2, 0.25) is 5.02 Å². The minimum atomic E-state index is -0.289. The van der Waals surface area contributed by atoms with E-state index in [0.717, 1.165) is 43.0 Å². The molecule has 2 aromatic carbocycles. The number of likely N-dealkylation sites (tertiary alicyclic amines) is 1. The summed E-state index contributed by atoms with van der Waals surface area (Å²) in [7, 11) is 0. The Morgan fingerprint density at radius 2 is 1.53 bits per heavy atom. The number of nitrogens with one attached hydrogen (secondary N) is 1. The van der Waals surface area contributed by atoms with Crippen LogP contribution in [0.25, 0.3) is 5.69 Å². The third-order valence-electron chi connectivity index (χ3n) is 5.51. The van der Waals surface area contributed by atoms with Crippen molar-refractivity contribution in [2.75, 3.05) is 18.4 Å². The molecule has 1 saturated heterocycles. The van der Waals surface area contributed by atoms with Crippen molar-refractivity contribution in [1.82, 2.24) is 9.47 Å². The van der Waals surface area contributed by atoms with Gasteiger partial charge < -0.3 is 14.8 Å². The van der Waals surface area contributed by atoms with E-state index in [4.69, 9.17) is 11.6 Å². The number of carbonyl (C=O) groups excluding carboxylic acids is 2. The highest BCUT2D eigenvalue weighted by atomic mass is 35.5. The summed E-state index contributed by atoms with van der Waals surface area (Å²) in [5.74, 6) is -0.249. The largest absolute Gasteiger partial charge is 0.339 e. The molecule has 4 rings (SSSR count). The quantitative estimate of drug-likeness (QED) is 0.626. The SMILES string of the molecule is Cc1ccc(C)n1-c1ccc(Cl)c(C(=O)Nc2ccc(C(=O)N3CCCC3)cc2)c1. The fourth-order valence-electron chi connectivity index (χ4n) is 3.90. The van der Waals surface area contributed by atoms with Crippen LogP contribution in [0.3, 0.4) is 0 Å². The van der Waals surface area contributed by atoms with Gasteiger partial charge in [0.1, 0.15) is 0 Å². The molecule has 1 aromatic heterocycles. The molecule has 154 valence electrons. The Morgan fingerprint density at radius 1 is 0.900 bits per heavy atom. The Morgan fingerprint density at radius 3 is 2.17 bits per heavy atom. The van der Waals surface area contributed by atoms with Gasteiger partial charge in [-0.3, -0.25) is 9.59 Å². The van der Waals surface area contributed by atoms with Crippen LogP contribution in [0.15, 0.2) is 54.6 Å². The number of nitrogens with zero attached hydrogens (tertiary/aromatic N) is 2. The van der Waals surface area contributed by atoms with Crippen molar-refractivity contribution in [3.63, 3.8) is 0 Å². The van der Waals surface area contributed by atoms with Crippen LogP contribution < -0.4 is 5.32 Å². The van der Waals surface area contributed by atoms with Crippen molar-refractivity contribution in [3.8, 4) is 5.69 Å². The predicted octanol–water partition coefficient (Wildman–Crippen LogP) is 5.24. The number of aryl methyl sites for hydroxylation is 2. The summed E-state index contributed by atoms with van der Waals surface area (Å²) in [4.78, 5) is 27.2. The molecule has 0 unspecified atom stereocenters. The summed E-state index contributed by atoms with van der Waals surface area (Å²) in [6.07, 6.45) is 2.11. The van der Waals surface area contributed by atoms with E-state index in [1.54, 1.807) is 36.4 Å². The van der Waals surface area contributed by atoms with Gasteiger partial charge in [0.15, 0.2) is 0 Å². The van der Waals surface area contributed by atoms with Crippen LogP contribution in [0.5, 0.6) is 0 Å². The van der Waals surface area contributed by atoms with Gasteiger partial charge in [-0.1, -0.05) is 11.6 Å². The van der Waals surface area contributed by atoms with E-state index in [2.05, 4.69) is 9.88 Å². The molecule has 0 spiro atoms. The second-order valence-electron chi connectivity index (χ2n) is 7.65. The summed E-state index contributed by atoms with van der Waals surface area (Å²) in [6.45, 7) is 5.66. The van der Waals surface area contributed by atoms with E-state index >= 15 is 0 Å². The first-order valence-corrected chi connectivity index (χ1v) is 10.5. The summed E-state index contributed by atoms with van der Waals surface area (Å²) < 4.78 is 2.08. The highest BCUT2D eigenvalue weighted by Crippen LogP contribution is 2.24. The van der Waals surface area contributed by atoms with E-state index in [1.165, 1.54) is 0 Å². The van der Waals surface area contributed by atoms with Crippen molar-refractivity contribution in [3.05, 3.63) is 82.1 Å². The van der Waals surface area contributed by atoms with E-state index in [0.29, 0.717) is 21.8 Å². The van der Waals surface area contributed by atoms with Gasteiger partial charge in [-0.05, 0) is 81.3 Å². The molecule has 2 amide bonds. The first-order chi connectivity index (χ1) is 14.4. The number of anilines is 1. The van der Waals surface area contributed by atoms with Crippen LogP contribution in [0, 0.1) is 13.8 Å². The molecule has 1 aliphatic rings. The first kappa shape index (κ1) is 20.2. The van der Waals surface area contributed by atoms with Crippen LogP contribution in [0.1, 0.15) is 44.9 Å². The fourth-order valence-corrected chi connectivity index (χ4v) is 4.10. The van der Waals surface area contributed by atoms with Gasteiger partial charge >= 0.3 is 0 Å². The number of aromatic nitrogens is 1. The number of hydrogen-bond acceptors (Lipinski definition) is 2. The molecule has 0 aliphatic carbocycles. The zero-order valence-electron chi connectivity index (χ0n) is 17.1. The molecule has 0 atom stereocenters. The molecule has 6 heteroatoms. The maximum Gasteiger partial charge on any atom is 0.257 e. The predicted molar refractivity (Wildman–Crippen MR) is 120 cm³/mol. The lowest BCUT2D eigenvalue weighted by Crippen LogP contribution is -2.27. The van der Waals surface area contributed by atoms with E-state index in [9.17, 15) is 9.59 Å². The van der Waals surface area contributed by atoms with Crippen LogP contribution in [-0.2, 0) is 0 Å². The molecular formula is C24H24ClN3O2. The number of benzene rings is 2. The third kappa shape index (κ3) is 3.98. The van der Waals surface area contributed by atoms with Crippen molar-refractivity contribution >= 4 is 29.1 Å². The smallest absolute Gasteiger partial charge is 0.257 e.